The zero-order chi connectivity index (χ0) is 11.3. The van der Waals surface area contributed by atoms with Crippen molar-refractivity contribution >= 4 is 5.84 Å². The summed E-state index contributed by atoms with van der Waals surface area (Å²) in [6.45, 7) is 7.83. The Kier molecular flexibility index (Phi) is 4.58. The molecule has 0 aromatic rings. The lowest BCUT2D eigenvalue weighted by molar-refractivity contribution is 0.218. The normalized spacial score (nSPS) is 19.1. The summed E-state index contributed by atoms with van der Waals surface area (Å²) in [7, 11) is 0. The number of hydrogen-bond acceptors (Lipinski definition) is 2. The predicted molar refractivity (Wildman–Crippen MR) is 65.2 cm³/mol. The Labute approximate surface area is 93.5 Å². The third-order valence-corrected chi connectivity index (χ3v) is 3.45. The first-order valence-corrected chi connectivity index (χ1v) is 6.09. The zero-order valence-electron chi connectivity index (χ0n) is 10.2. The van der Waals surface area contributed by atoms with Crippen LogP contribution >= 0.6 is 0 Å². The van der Waals surface area contributed by atoms with Gasteiger partial charge in [0.15, 0.2) is 0 Å². The van der Waals surface area contributed by atoms with Crippen LogP contribution in [0.4, 0.5) is 0 Å². The van der Waals surface area contributed by atoms with Crippen molar-refractivity contribution in [1.29, 1.82) is 5.41 Å². The number of amidine groups is 1. The molecule has 0 saturated carbocycles. The molecule has 1 aliphatic heterocycles. The number of nitrogens with zero attached hydrogens (tertiary/aromatic N) is 1. The van der Waals surface area contributed by atoms with Gasteiger partial charge >= 0.3 is 0 Å². The molecule has 3 N–H and O–H groups in total. The monoisotopic (exact) mass is 211 g/mol. The molecule has 0 atom stereocenters. The van der Waals surface area contributed by atoms with Crippen molar-refractivity contribution in [3.63, 3.8) is 0 Å². The number of piperidine rings is 1. The third-order valence-electron chi connectivity index (χ3n) is 3.45. The average Bonchev–Trinajstić information content (AvgIpc) is 2.19. The van der Waals surface area contributed by atoms with Crippen LogP contribution in [-0.2, 0) is 0 Å². The van der Waals surface area contributed by atoms with Crippen molar-refractivity contribution < 1.29 is 0 Å². The maximum atomic E-state index is 7.48. The standard InChI is InChI=1S/C12H25N3/c1-12(2,11(13)14)7-6-10-15-8-4-3-5-9-15/h3-10H2,1-2H3,(H3,13,14). The van der Waals surface area contributed by atoms with Gasteiger partial charge in [-0.25, -0.2) is 0 Å². The molecule has 0 aliphatic carbocycles. The van der Waals surface area contributed by atoms with E-state index in [0.717, 1.165) is 12.8 Å². The lowest BCUT2D eigenvalue weighted by Crippen LogP contribution is -2.34. The van der Waals surface area contributed by atoms with Gasteiger partial charge in [0, 0.05) is 5.41 Å². The second-order valence-electron chi connectivity index (χ2n) is 5.30. The van der Waals surface area contributed by atoms with Gasteiger partial charge in [0.25, 0.3) is 0 Å². The molecular formula is C12H25N3. The molecule has 1 fully saturated rings. The largest absolute Gasteiger partial charge is 0.387 e. The van der Waals surface area contributed by atoms with E-state index in [1.807, 2.05) is 0 Å². The first-order valence-electron chi connectivity index (χ1n) is 6.09. The quantitative estimate of drug-likeness (QED) is 0.541. The Balaban J connectivity index is 2.17. The molecule has 1 aliphatic rings. The smallest absolute Gasteiger partial charge is 0.0963 e. The first kappa shape index (κ1) is 12.5. The van der Waals surface area contributed by atoms with Gasteiger partial charge in [-0.3, -0.25) is 5.41 Å². The Bertz CT molecular complexity index is 205. The number of likely N-dealkylation sites (tertiary alicyclic amines) is 1. The van der Waals surface area contributed by atoms with Crippen molar-refractivity contribution in [3.8, 4) is 0 Å². The van der Waals surface area contributed by atoms with Crippen LogP contribution in [0.1, 0.15) is 46.0 Å². The highest BCUT2D eigenvalue weighted by atomic mass is 15.1. The van der Waals surface area contributed by atoms with E-state index < -0.39 is 0 Å². The summed E-state index contributed by atoms with van der Waals surface area (Å²) in [5.74, 6) is 0.321. The lowest BCUT2D eigenvalue weighted by atomic mass is 9.86. The first-order chi connectivity index (χ1) is 7.02. The second kappa shape index (κ2) is 5.50. The maximum Gasteiger partial charge on any atom is 0.0963 e. The molecule has 1 rings (SSSR count). The average molecular weight is 211 g/mol. The van der Waals surface area contributed by atoms with Crippen LogP contribution in [0.25, 0.3) is 0 Å². The summed E-state index contributed by atoms with van der Waals surface area (Å²) in [5.41, 5.74) is 5.44. The fraction of sp³-hybridized carbons (Fsp3) is 0.917. The van der Waals surface area contributed by atoms with Crippen LogP contribution < -0.4 is 5.73 Å². The molecule has 0 aromatic carbocycles. The van der Waals surface area contributed by atoms with Crippen molar-refractivity contribution in [2.45, 2.75) is 46.0 Å². The van der Waals surface area contributed by atoms with Crippen molar-refractivity contribution in [1.82, 2.24) is 4.90 Å². The third kappa shape index (κ3) is 4.20. The van der Waals surface area contributed by atoms with E-state index in [-0.39, 0.29) is 5.41 Å². The van der Waals surface area contributed by atoms with Gasteiger partial charge in [0.2, 0.25) is 0 Å². The minimum absolute atomic E-state index is 0.115. The van der Waals surface area contributed by atoms with Gasteiger partial charge in [-0.1, -0.05) is 20.3 Å². The molecule has 88 valence electrons. The van der Waals surface area contributed by atoms with Gasteiger partial charge in [0.1, 0.15) is 0 Å². The molecule has 3 nitrogen and oxygen atoms in total. The molecule has 15 heavy (non-hydrogen) atoms. The van der Waals surface area contributed by atoms with Crippen LogP contribution in [0, 0.1) is 10.8 Å². The highest BCUT2D eigenvalue weighted by molar-refractivity contribution is 5.82. The summed E-state index contributed by atoms with van der Waals surface area (Å²) in [6, 6.07) is 0. The molecule has 0 unspecified atom stereocenters. The van der Waals surface area contributed by atoms with Crippen LogP contribution in [0.2, 0.25) is 0 Å². The fourth-order valence-electron chi connectivity index (χ4n) is 2.06. The number of rotatable bonds is 5. The van der Waals surface area contributed by atoms with Gasteiger partial charge in [-0.05, 0) is 45.3 Å². The number of nitrogens with one attached hydrogen (secondary N) is 1. The molecule has 0 amide bonds. The molecular weight excluding hydrogens is 186 g/mol. The minimum atomic E-state index is -0.115. The van der Waals surface area contributed by atoms with Crippen LogP contribution in [0.5, 0.6) is 0 Å². The van der Waals surface area contributed by atoms with Gasteiger partial charge in [0.05, 0.1) is 5.84 Å². The lowest BCUT2D eigenvalue weighted by Gasteiger charge is -2.28. The second-order valence-corrected chi connectivity index (χ2v) is 5.30. The summed E-state index contributed by atoms with van der Waals surface area (Å²) in [5, 5.41) is 7.48. The van der Waals surface area contributed by atoms with E-state index in [1.54, 1.807) is 0 Å². The molecule has 0 bridgehead atoms. The SMILES string of the molecule is CC(C)(CCCN1CCCCC1)C(=N)N. The van der Waals surface area contributed by atoms with Crippen LogP contribution in [0.3, 0.4) is 0 Å². The summed E-state index contributed by atoms with van der Waals surface area (Å²) >= 11 is 0. The fourth-order valence-corrected chi connectivity index (χ4v) is 2.06. The Morgan fingerprint density at radius 3 is 2.40 bits per heavy atom. The minimum Gasteiger partial charge on any atom is -0.387 e. The molecule has 0 spiro atoms. The summed E-state index contributed by atoms with van der Waals surface area (Å²) in [6.07, 6.45) is 6.30. The topological polar surface area (TPSA) is 53.1 Å². The number of hydrogen-bond donors (Lipinski definition) is 2. The Morgan fingerprint density at radius 1 is 1.27 bits per heavy atom. The Morgan fingerprint density at radius 2 is 1.87 bits per heavy atom. The van der Waals surface area contributed by atoms with E-state index in [1.165, 1.54) is 38.9 Å². The van der Waals surface area contributed by atoms with Crippen LogP contribution in [-0.4, -0.2) is 30.4 Å². The highest BCUT2D eigenvalue weighted by Gasteiger charge is 2.21. The molecule has 1 saturated heterocycles. The van der Waals surface area contributed by atoms with E-state index in [9.17, 15) is 0 Å². The molecule has 0 aromatic heterocycles. The van der Waals surface area contributed by atoms with E-state index >= 15 is 0 Å². The van der Waals surface area contributed by atoms with Crippen molar-refractivity contribution in [2.75, 3.05) is 19.6 Å². The highest BCUT2D eigenvalue weighted by Crippen LogP contribution is 2.22. The van der Waals surface area contributed by atoms with Gasteiger partial charge < -0.3 is 10.6 Å². The maximum absolute atomic E-state index is 7.48. The van der Waals surface area contributed by atoms with E-state index in [4.69, 9.17) is 11.1 Å². The molecule has 0 radical (unpaired) electrons. The van der Waals surface area contributed by atoms with E-state index in [2.05, 4.69) is 18.7 Å². The predicted octanol–water partition coefficient (Wildman–Crippen LogP) is 2.21. The van der Waals surface area contributed by atoms with Gasteiger partial charge in [-0.2, -0.15) is 0 Å². The van der Waals surface area contributed by atoms with Crippen molar-refractivity contribution in [2.24, 2.45) is 11.1 Å². The summed E-state index contributed by atoms with van der Waals surface area (Å²) in [4.78, 5) is 2.54. The van der Waals surface area contributed by atoms with E-state index in [0.29, 0.717) is 5.84 Å². The van der Waals surface area contributed by atoms with Gasteiger partial charge in [-0.15, -0.1) is 0 Å². The van der Waals surface area contributed by atoms with Crippen molar-refractivity contribution in [3.05, 3.63) is 0 Å². The zero-order valence-corrected chi connectivity index (χ0v) is 10.2. The molecule has 1 heterocycles. The Hall–Kier alpha value is -0.570. The molecule has 3 heteroatoms. The number of nitrogens with two attached hydrogens (primary N) is 1. The van der Waals surface area contributed by atoms with Crippen LogP contribution in [0.15, 0.2) is 0 Å². The summed E-state index contributed by atoms with van der Waals surface area (Å²) < 4.78 is 0.